The van der Waals surface area contributed by atoms with Gasteiger partial charge >= 0.3 is 5.97 Å². The van der Waals surface area contributed by atoms with Crippen molar-refractivity contribution in [1.82, 2.24) is 9.78 Å². The summed E-state index contributed by atoms with van der Waals surface area (Å²) in [6, 6.07) is 0.914. The molecule has 0 saturated heterocycles. The van der Waals surface area contributed by atoms with Gasteiger partial charge in [-0.2, -0.15) is 5.10 Å². The summed E-state index contributed by atoms with van der Waals surface area (Å²) in [4.78, 5) is 23.4. The van der Waals surface area contributed by atoms with Gasteiger partial charge in [-0.25, -0.2) is 9.48 Å². The Balaban J connectivity index is 2.77. The molecule has 2 heterocycles. The molecule has 0 fully saturated rings. The van der Waals surface area contributed by atoms with Gasteiger partial charge in [0, 0.05) is 5.39 Å². The molecule has 96 valence electrons. The van der Waals surface area contributed by atoms with Crippen LogP contribution >= 0.6 is 27.3 Å². The Hall–Kier alpha value is -1.21. The van der Waals surface area contributed by atoms with E-state index < -0.39 is 12.0 Å². The van der Waals surface area contributed by atoms with Crippen LogP contribution in [0.4, 0.5) is 0 Å². The molecular weight excluding hydrogens is 320 g/mol. The number of nitrogens with zero attached hydrogens (tertiary/aromatic N) is 2. The fourth-order valence-corrected chi connectivity index (χ4v) is 3.40. The highest BCUT2D eigenvalue weighted by Crippen LogP contribution is 2.28. The van der Waals surface area contributed by atoms with Crippen LogP contribution in [0.5, 0.6) is 0 Å². The van der Waals surface area contributed by atoms with Gasteiger partial charge in [-0.1, -0.05) is 6.92 Å². The first-order valence-corrected chi connectivity index (χ1v) is 6.98. The fourth-order valence-electron chi connectivity index (χ4n) is 1.82. The molecule has 1 unspecified atom stereocenters. The van der Waals surface area contributed by atoms with Crippen LogP contribution in [0.3, 0.4) is 0 Å². The number of halogens is 1. The first-order valence-electron chi connectivity index (χ1n) is 5.37. The van der Waals surface area contributed by atoms with Crippen molar-refractivity contribution in [2.45, 2.75) is 26.3 Å². The first kappa shape index (κ1) is 13.2. The van der Waals surface area contributed by atoms with E-state index in [9.17, 15) is 9.59 Å². The maximum atomic E-state index is 12.2. The number of carbonyl (C=O) groups is 1. The maximum Gasteiger partial charge on any atom is 0.328 e. The molecule has 0 radical (unpaired) electrons. The number of aromatic nitrogens is 2. The van der Waals surface area contributed by atoms with Crippen molar-refractivity contribution in [2.75, 3.05) is 0 Å². The molecule has 2 aromatic rings. The molecule has 0 aliphatic carbocycles. The number of carboxylic acids is 1. The zero-order valence-electron chi connectivity index (χ0n) is 9.81. The monoisotopic (exact) mass is 330 g/mol. The van der Waals surface area contributed by atoms with E-state index in [1.807, 2.05) is 6.07 Å². The lowest BCUT2D eigenvalue weighted by Gasteiger charge is -2.12. The molecule has 7 heteroatoms. The van der Waals surface area contributed by atoms with Gasteiger partial charge in [-0.05, 0) is 35.3 Å². The van der Waals surface area contributed by atoms with Crippen LogP contribution in [0.15, 0.2) is 14.6 Å². The van der Waals surface area contributed by atoms with Crippen LogP contribution in [0.2, 0.25) is 0 Å². The van der Waals surface area contributed by atoms with Gasteiger partial charge in [0.2, 0.25) is 0 Å². The van der Waals surface area contributed by atoms with Crippen LogP contribution in [0.25, 0.3) is 10.1 Å². The minimum absolute atomic E-state index is 0.319. The van der Waals surface area contributed by atoms with E-state index in [-0.39, 0.29) is 5.56 Å². The molecule has 0 amide bonds. The Morgan fingerprint density at radius 3 is 2.89 bits per heavy atom. The number of hydrogen-bond acceptors (Lipinski definition) is 4. The molecule has 2 aromatic heterocycles. The molecule has 1 N–H and O–H groups in total. The second-order valence-corrected chi connectivity index (χ2v) is 6.32. The lowest BCUT2D eigenvalue weighted by Crippen LogP contribution is -2.31. The number of aryl methyl sites for hydroxylation is 1. The van der Waals surface area contributed by atoms with E-state index >= 15 is 0 Å². The van der Waals surface area contributed by atoms with Gasteiger partial charge < -0.3 is 5.11 Å². The summed E-state index contributed by atoms with van der Waals surface area (Å²) in [5.74, 6) is -1.04. The predicted octanol–water partition coefficient (Wildman–Crippen LogP) is 2.56. The number of hydrogen-bond donors (Lipinski definition) is 1. The average molecular weight is 331 g/mol. The van der Waals surface area contributed by atoms with Crippen molar-refractivity contribution in [3.63, 3.8) is 0 Å². The highest BCUT2D eigenvalue weighted by atomic mass is 79.9. The topological polar surface area (TPSA) is 72.2 Å². The summed E-state index contributed by atoms with van der Waals surface area (Å²) in [7, 11) is 0. The third-order valence-electron chi connectivity index (χ3n) is 2.72. The normalized spacial score (nSPS) is 12.8. The van der Waals surface area contributed by atoms with Crippen molar-refractivity contribution in [3.8, 4) is 0 Å². The van der Waals surface area contributed by atoms with Gasteiger partial charge in [0.15, 0.2) is 6.04 Å². The lowest BCUT2D eigenvalue weighted by molar-refractivity contribution is -0.141. The van der Waals surface area contributed by atoms with Crippen molar-refractivity contribution >= 4 is 43.3 Å². The molecule has 0 spiro atoms. The van der Waals surface area contributed by atoms with Gasteiger partial charge in [0.05, 0.1) is 9.48 Å². The molecule has 0 aromatic carbocycles. The number of thiophene rings is 1. The summed E-state index contributed by atoms with van der Waals surface area (Å²) in [6.07, 6.45) is 0.319. The SMILES string of the molecule is CCC(C(=O)O)n1nc(C)c2cc(Br)sc2c1=O. The van der Waals surface area contributed by atoms with E-state index in [0.717, 1.165) is 13.9 Å². The molecule has 0 saturated carbocycles. The second kappa shape index (κ2) is 4.81. The van der Waals surface area contributed by atoms with E-state index in [1.54, 1.807) is 13.8 Å². The minimum Gasteiger partial charge on any atom is -0.480 e. The Labute approximate surface area is 115 Å². The van der Waals surface area contributed by atoms with Crippen LogP contribution in [0, 0.1) is 6.92 Å². The van der Waals surface area contributed by atoms with Crippen LogP contribution in [-0.2, 0) is 4.79 Å². The third-order valence-corrected chi connectivity index (χ3v) is 4.34. The lowest BCUT2D eigenvalue weighted by atomic mass is 10.2. The molecule has 5 nitrogen and oxygen atoms in total. The highest BCUT2D eigenvalue weighted by Gasteiger charge is 2.22. The van der Waals surface area contributed by atoms with Crippen LogP contribution < -0.4 is 5.56 Å². The van der Waals surface area contributed by atoms with Crippen molar-refractivity contribution in [3.05, 3.63) is 25.9 Å². The van der Waals surface area contributed by atoms with Gasteiger partial charge in [0.25, 0.3) is 5.56 Å². The summed E-state index contributed by atoms with van der Waals surface area (Å²) in [5, 5.41) is 14.0. The quantitative estimate of drug-likeness (QED) is 0.938. The smallest absolute Gasteiger partial charge is 0.328 e. The third kappa shape index (κ3) is 2.08. The van der Waals surface area contributed by atoms with Crippen molar-refractivity contribution in [1.29, 1.82) is 0 Å². The van der Waals surface area contributed by atoms with E-state index in [1.165, 1.54) is 11.3 Å². The molecule has 0 bridgehead atoms. The van der Waals surface area contributed by atoms with E-state index in [4.69, 9.17) is 5.11 Å². The molecule has 2 rings (SSSR count). The minimum atomic E-state index is -1.04. The molecule has 0 aliphatic heterocycles. The van der Waals surface area contributed by atoms with E-state index in [2.05, 4.69) is 21.0 Å². The molecular formula is C11H11BrN2O3S. The largest absolute Gasteiger partial charge is 0.480 e. The average Bonchev–Trinajstić information content (AvgIpc) is 2.68. The van der Waals surface area contributed by atoms with Gasteiger partial charge in [0.1, 0.15) is 4.70 Å². The Bertz CT molecular complexity index is 677. The number of aliphatic carboxylic acids is 1. The number of rotatable bonds is 3. The second-order valence-electron chi connectivity index (χ2n) is 3.89. The van der Waals surface area contributed by atoms with Crippen LogP contribution in [-0.4, -0.2) is 20.9 Å². The first-order chi connectivity index (χ1) is 8.45. The van der Waals surface area contributed by atoms with Gasteiger partial charge in [-0.3, -0.25) is 4.79 Å². The predicted molar refractivity (Wildman–Crippen MR) is 73.3 cm³/mol. The maximum absolute atomic E-state index is 12.2. The van der Waals surface area contributed by atoms with Crippen molar-refractivity contribution in [2.24, 2.45) is 0 Å². The molecule has 18 heavy (non-hydrogen) atoms. The number of carboxylic acid groups (broad SMARTS) is 1. The zero-order chi connectivity index (χ0) is 13.4. The standard InChI is InChI=1S/C11H11BrN2O3S/c1-3-7(11(16)17)14-10(15)9-6(5(2)13-14)4-8(12)18-9/h4,7H,3H2,1-2H3,(H,16,17). The summed E-state index contributed by atoms with van der Waals surface area (Å²) in [6.45, 7) is 3.49. The van der Waals surface area contributed by atoms with Gasteiger partial charge in [-0.15, -0.1) is 11.3 Å². The Morgan fingerprint density at radius 2 is 2.33 bits per heavy atom. The zero-order valence-corrected chi connectivity index (χ0v) is 12.2. The van der Waals surface area contributed by atoms with E-state index in [0.29, 0.717) is 16.8 Å². The molecule has 1 atom stereocenters. The highest BCUT2D eigenvalue weighted by molar-refractivity contribution is 9.11. The van der Waals surface area contributed by atoms with Crippen LogP contribution in [0.1, 0.15) is 25.1 Å². The Kier molecular flexibility index (Phi) is 3.54. The number of fused-ring (bicyclic) bond motifs is 1. The fraction of sp³-hybridized carbons (Fsp3) is 0.364. The van der Waals surface area contributed by atoms with Crippen molar-refractivity contribution < 1.29 is 9.90 Å². The molecule has 0 aliphatic rings. The summed E-state index contributed by atoms with van der Waals surface area (Å²) < 4.78 is 2.44. The Morgan fingerprint density at radius 1 is 1.67 bits per heavy atom. The summed E-state index contributed by atoms with van der Waals surface area (Å²) >= 11 is 4.62. The summed E-state index contributed by atoms with van der Waals surface area (Å²) in [5.41, 5.74) is 0.312.